The number of esters is 1. The average Bonchev–Trinajstić information content (AvgIpc) is 2.68. The van der Waals surface area contributed by atoms with E-state index in [0.717, 1.165) is 24.6 Å². The first kappa shape index (κ1) is 20.0. The van der Waals surface area contributed by atoms with Crippen LogP contribution in [0.15, 0.2) is 66.7 Å². The fourth-order valence-corrected chi connectivity index (χ4v) is 3.83. The van der Waals surface area contributed by atoms with Gasteiger partial charge >= 0.3 is 5.97 Å². The van der Waals surface area contributed by atoms with Crippen molar-refractivity contribution in [3.05, 3.63) is 72.3 Å². The molecule has 0 heterocycles. The van der Waals surface area contributed by atoms with Crippen LogP contribution in [0.1, 0.15) is 25.3 Å². The zero-order valence-electron chi connectivity index (χ0n) is 15.7. The van der Waals surface area contributed by atoms with Crippen LogP contribution in [0.25, 0.3) is 10.8 Å². The lowest BCUT2D eigenvalue weighted by atomic mass is 10.1. The molecular weight excluding hydrogens is 374 g/mol. The number of aryl methyl sites for hydroxylation is 1. The summed E-state index contributed by atoms with van der Waals surface area (Å²) in [6.45, 7) is 1.73. The maximum absolute atomic E-state index is 11.9. The van der Waals surface area contributed by atoms with Gasteiger partial charge < -0.3 is 13.6 Å². The molecule has 0 amide bonds. The normalized spacial score (nSPS) is 11.9. The first-order valence-corrected chi connectivity index (χ1v) is 10.2. The lowest BCUT2D eigenvalue weighted by Gasteiger charge is -2.28. The van der Waals surface area contributed by atoms with Crippen LogP contribution in [0.3, 0.4) is 0 Å². The summed E-state index contributed by atoms with van der Waals surface area (Å²) in [6.07, 6.45) is 2.54. The van der Waals surface area contributed by atoms with Gasteiger partial charge in [-0.25, -0.2) is 0 Å². The lowest BCUT2D eigenvalue weighted by Crippen LogP contribution is -2.26. The standard InChI is InChI=1S/C22H23NO4S/c1-17(24)27-22-15-8-12-19-20(22)13-7-14-21(19)23(28(25)26)16-6-5-11-18-9-3-2-4-10-18/h2-4,7-10,12-15H,5-6,11,16H2,1H3,(H,25,26)/p-1. The van der Waals surface area contributed by atoms with Crippen molar-refractivity contribution in [2.45, 2.75) is 26.2 Å². The predicted molar refractivity (Wildman–Crippen MR) is 111 cm³/mol. The molecule has 1 unspecified atom stereocenters. The summed E-state index contributed by atoms with van der Waals surface area (Å²) in [5.74, 6) is 0.00984. The molecule has 0 aromatic heterocycles. The Bertz CT molecular complexity index is 975. The second kappa shape index (κ2) is 9.48. The molecule has 0 aliphatic carbocycles. The minimum atomic E-state index is -2.40. The summed E-state index contributed by atoms with van der Waals surface area (Å²) in [4.78, 5) is 11.3. The van der Waals surface area contributed by atoms with Gasteiger partial charge in [0, 0.05) is 35.5 Å². The molecule has 0 aliphatic heterocycles. The second-order valence-corrected chi connectivity index (χ2v) is 7.36. The highest BCUT2D eigenvalue weighted by Crippen LogP contribution is 2.33. The lowest BCUT2D eigenvalue weighted by molar-refractivity contribution is -0.131. The third-order valence-corrected chi connectivity index (χ3v) is 5.22. The van der Waals surface area contributed by atoms with Gasteiger partial charge in [-0.05, 0) is 37.0 Å². The molecule has 0 aliphatic rings. The Morgan fingerprint density at radius 1 is 0.964 bits per heavy atom. The van der Waals surface area contributed by atoms with Crippen LogP contribution in [0.5, 0.6) is 5.75 Å². The molecular formula is C22H22NO4S-. The van der Waals surface area contributed by atoms with Crippen molar-refractivity contribution < 1.29 is 18.3 Å². The largest absolute Gasteiger partial charge is 0.755 e. The summed E-state index contributed by atoms with van der Waals surface area (Å²) in [7, 11) is 0. The van der Waals surface area contributed by atoms with Crippen molar-refractivity contribution in [2.75, 3.05) is 10.8 Å². The summed E-state index contributed by atoms with van der Waals surface area (Å²) in [6, 6.07) is 20.8. The van der Waals surface area contributed by atoms with Crippen LogP contribution in [-0.4, -0.2) is 21.3 Å². The minimum absolute atomic E-state index is 0.389. The average molecular weight is 396 g/mol. The molecule has 0 radical (unpaired) electrons. The SMILES string of the molecule is CC(=O)Oc1cccc2c(N(CCCCc3ccccc3)S(=O)[O-])cccc12. The Balaban J connectivity index is 1.79. The summed E-state index contributed by atoms with van der Waals surface area (Å²) < 4.78 is 30.4. The molecule has 0 N–H and O–H groups in total. The first-order valence-electron chi connectivity index (χ1n) is 9.17. The van der Waals surface area contributed by atoms with Gasteiger partial charge in [-0.15, -0.1) is 0 Å². The molecule has 0 bridgehead atoms. The third kappa shape index (κ3) is 4.97. The Morgan fingerprint density at radius 3 is 2.39 bits per heavy atom. The van der Waals surface area contributed by atoms with E-state index < -0.39 is 17.2 Å². The number of unbranched alkanes of at least 4 members (excludes halogenated alkanes) is 1. The van der Waals surface area contributed by atoms with Crippen LogP contribution >= 0.6 is 0 Å². The van der Waals surface area contributed by atoms with Gasteiger partial charge in [-0.2, -0.15) is 0 Å². The quantitative estimate of drug-likeness (QED) is 0.245. The molecule has 3 aromatic rings. The number of nitrogens with zero attached hydrogens (tertiary/aromatic N) is 1. The van der Waals surface area contributed by atoms with E-state index in [4.69, 9.17) is 4.74 Å². The van der Waals surface area contributed by atoms with Crippen LogP contribution < -0.4 is 9.04 Å². The number of benzene rings is 3. The molecule has 3 rings (SSSR count). The monoisotopic (exact) mass is 396 g/mol. The Morgan fingerprint density at radius 2 is 1.68 bits per heavy atom. The number of anilines is 1. The van der Waals surface area contributed by atoms with Gasteiger partial charge in [0.15, 0.2) is 0 Å². The second-order valence-electron chi connectivity index (χ2n) is 6.48. The molecule has 0 fully saturated rings. The molecule has 0 saturated heterocycles. The van der Waals surface area contributed by atoms with E-state index in [1.165, 1.54) is 16.8 Å². The maximum atomic E-state index is 11.9. The molecule has 3 aromatic carbocycles. The van der Waals surface area contributed by atoms with Crippen LogP contribution in [0, 0.1) is 0 Å². The Labute approximate surface area is 167 Å². The number of hydrogen-bond acceptors (Lipinski definition) is 4. The van der Waals surface area contributed by atoms with Crippen LogP contribution in [-0.2, 0) is 22.5 Å². The number of carbonyl (C=O) groups excluding carboxylic acids is 1. The van der Waals surface area contributed by atoms with Gasteiger partial charge in [0.1, 0.15) is 5.75 Å². The van der Waals surface area contributed by atoms with E-state index in [1.807, 2.05) is 30.3 Å². The minimum Gasteiger partial charge on any atom is -0.755 e. The number of carbonyl (C=O) groups is 1. The smallest absolute Gasteiger partial charge is 0.308 e. The fourth-order valence-electron chi connectivity index (χ4n) is 3.23. The van der Waals surface area contributed by atoms with Gasteiger partial charge in [0.05, 0.1) is 5.69 Å². The molecule has 1 atom stereocenters. The topological polar surface area (TPSA) is 69.7 Å². The highest BCUT2D eigenvalue weighted by Gasteiger charge is 2.13. The fraction of sp³-hybridized carbons (Fsp3) is 0.227. The highest BCUT2D eigenvalue weighted by molar-refractivity contribution is 7.80. The van der Waals surface area contributed by atoms with E-state index in [1.54, 1.807) is 24.3 Å². The first-order chi connectivity index (χ1) is 13.6. The van der Waals surface area contributed by atoms with Crippen molar-refractivity contribution in [2.24, 2.45) is 0 Å². The number of ether oxygens (including phenoxy) is 1. The highest BCUT2D eigenvalue weighted by atomic mass is 32.2. The molecule has 0 spiro atoms. The molecule has 5 nitrogen and oxygen atoms in total. The summed E-state index contributed by atoms with van der Waals surface area (Å²) in [5.41, 5.74) is 1.83. The van der Waals surface area contributed by atoms with E-state index >= 15 is 0 Å². The third-order valence-electron chi connectivity index (χ3n) is 4.48. The van der Waals surface area contributed by atoms with E-state index in [9.17, 15) is 13.6 Å². The van der Waals surface area contributed by atoms with Crippen molar-refractivity contribution in [3.63, 3.8) is 0 Å². The van der Waals surface area contributed by atoms with Crippen molar-refractivity contribution in [1.82, 2.24) is 0 Å². The molecule has 28 heavy (non-hydrogen) atoms. The van der Waals surface area contributed by atoms with Crippen LogP contribution in [0.2, 0.25) is 0 Å². The molecule has 6 heteroatoms. The Kier molecular flexibility index (Phi) is 6.79. The van der Waals surface area contributed by atoms with Gasteiger partial charge in [-0.3, -0.25) is 9.00 Å². The van der Waals surface area contributed by atoms with Crippen molar-refractivity contribution in [3.8, 4) is 5.75 Å². The number of fused-ring (bicyclic) bond motifs is 1. The zero-order valence-corrected chi connectivity index (χ0v) is 16.5. The number of hydrogen-bond donors (Lipinski definition) is 0. The van der Waals surface area contributed by atoms with Crippen molar-refractivity contribution >= 4 is 33.7 Å². The van der Waals surface area contributed by atoms with E-state index in [2.05, 4.69) is 12.1 Å². The Hall–Kier alpha value is -2.70. The number of rotatable bonds is 8. The van der Waals surface area contributed by atoms with E-state index in [0.29, 0.717) is 23.4 Å². The van der Waals surface area contributed by atoms with E-state index in [-0.39, 0.29) is 0 Å². The van der Waals surface area contributed by atoms with Gasteiger partial charge in [0.25, 0.3) is 0 Å². The predicted octanol–water partition coefficient (Wildman–Crippen LogP) is 4.39. The van der Waals surface area contributed by atoms with Gasteiger partial charge in [0.2, 0.25) is 0 Å². The molecule has 146 valence electrons. The van der Waals surface area contributed by atoms with Crippen molar-refractivity contribution in [1.29, 1.82) is 0 Å². The zero-order chi connectivity index (χ0) is 19.9. The maximum Gasteiger partial charge on any atom is 0.308 e. The van der Waals surface area contributed by atoms with Gasteiger partial charge in [-0.1, -0.05) is 54.6 Å². The summed E-state index contributed by atoms with van der Waals surface area (Å²) in [5, 5.41) is 1.43. The van der Waals surface area contributed by atoms with Crippen LogP contribution in [0.4, 0.5) is 5.69 Å². The molecule has 0 saturated carbocycles. The summed E-state index contributed by atoms with van der Waals surface area (Å²) >= 11 is -2.40.